The molecule has 0 spiro atoms. The fourth-order valence-corrected chi connectivity index (χ4v) is 1.59. The number of hydrogen-bond acceptors (Lipinski definition) is 4. The molecule has 0 aromatic rings. The highest BCUT2D eigenvalue weighted by molar-refractivity contribution is 7.55. The van der Waals surface area contributed by atoms with E-state index in [1.165, 1.54) is 6.08 Å². The Hall–Kier alpha value is -0.720. The van der Waals surface area contributed by atoms with Crippen molar-refractivity contribution in [1.82, 2.24) is 5.32 Å². The molecule has 0 aliphatic carbocycles. The smallest absolute Gasteiger partial charge is 0.348 e. The fraction of sp³-hybridized carbons (Fsp3) is 0.667. The van der Waals surface area contributed by atoms with Crippen LogP contribution in [0.3, 0.4) is 0 Å². The second-order valence-corrected chi connectivity index (χ2v) is 5.03. The molecule has 0 fully saturated rings. The summed E-state index contributed by atoms with van der Waals surface area (Å²) in [6.07, 6.45) is 3.11. The van der Waals surface area contributed by atoms with Gasteiger partial charge in [0.1, 0.15) is 6.04 Å². The molecule has 0 aromatic heterocycles. The number of rotatable bonds is 9. The van der Waals surface area contributed by atoms with Crippen LogP contribution in [-0.2, 0) is 9.36 Å². The van der Waals surface area contributed by atoms with Crippen LogP contribution in [0.15, 0.2) is 11.9 Å². The predicted octanol–water partition coefficient (Wildman–Crippen LogP) is -0.150. The minimum Gasteiger partial charge on any atom is -0.480 e. The average Bonchev–Trinajstić information content (AvgIpc) is 2.19. The summed E-state index contributed by atoms with van der Waals surface area (Å²) in [7, 11) is -4.16. The highest BCUT2D eigenvalue weighted by Gasteiger charge is 2.15. The molecule has 8 heteroatoms. The summed E-state index contributed by atoms with van der Waals surface area (Å²) in [5, 5.41) is 11.5. The normalized spacial score (nSPS) is 14.1. The summed E-state index contributed by atoms with van der Waals surface area (Å²) in [6, 6.07) is -0.719. The molecule has 0 aliphatic rings. The minimum absolute atomic E-state index is 0.102. The Bertz CT molecular complexity index is 302. The van der Waals surface area contributed by atoms with Crippen molar-refractivity contribution >= 4 is 13.6 Å². The van der Waals surface area contributed by atoms with Crippen molar-refractivity contribution in [1.29, 1.82) is 0 Å². The predicted molar refractivity (Wildman–Crippen MR) is 63.5 cm³/mol. The second-order valence-electron chi connectivity index (χ2n) is 3.56. The SMILES string of the molecule is NCCCC[C@H](NCC=CP(=O)(O)O)C(=O)O. The molecule has 17 heavy (non-hydrogen) atoms. The van der Waals surface area contributed by atoms with E-state index in [2.05, 4.69) is 5.32 Å². The monoisotopic (exact) mass is 266 g/mol. The molecule has 1 atom stereocenters. The zero-order valence-electron chi connectivity index (χ0n) is 9.45. The number of nitrogens with two attached hydrogens (primary N) is 1. The summed E-state index contributed by atoms with van der Waals surface area (Å²) in [4.78, 5) is 27.9. The molecule has 0 bridgehead atoms. The van der Waals surface area contributed by atoms with Crippen molar-refractivity contribution in [3.8, 4) is 0 Å². The first-order chi connectivity index (χ1) is 7.87. The highest BCUT2D eigenvalue weighted by Crippen LogP contribution is 2.35. The lowest BCUT2D eigenvalue weighted by Gasteiger charge is -2.12. The third-order valence-corrected chi connectivity index (χ3v) is 2.63. The van der Waals surface area contributed by atoms with Crippen LogP contribution in [0.5, 0.6) is 0 Å². The van der Waals surface area contributed by atoms with Gasteiger partial charge in [-0.05, 0) is 19.4 Å². The minimum atomic E-state index is -4.16. The molecular weight excluding hydrogens is 247 g/mol. The maximum atomic E-state index is 10.8. The Balaban J connectivity index is 3.97. The number of nitrogens with one attached hydrogen (secondary N) is 1. The molecule has 0 saturated heterocycles. The first-order valence-corrected chi connectivity index (χ1v) is 6.94. The molecule has 0 aliphatic heterocycles. The zero-order chi connectivity index (χ0) is 13.3. The Labute approximate surface area is 99.9 Å². The summed E-state index contributed by atoms with van der Waals surface area (Å²) in [5.74, 6) is -0.231. The van der Waals surface area contributed by atoms with Crippen molar-refractivity contribution in [2.24, 2.45) is 5.73 Å². The van der Waals surface area contributed by atoms with Crippen LogP contribution in [-0.4, -0.2) is 40.0 Å². The van der Waals surface area contributed by atoms with Gasteiger partial charge in [-0.15, -0.1) is 0 Å². The van der Waals surface area contributed by atoms with Gasteiger partial charge in [-0.25, -0.2) is 0 Å². The van der Waals surface area contributed by atoms with E-state index in [1.54, 1.807) is 0 Å². The molecule has 0 saturated carbocycles. The lowest BCUT2D eigenvalue weighted by atomic mass is 10.1. The van der Waals surface area contributed by atoms with Gasteiger partial charge >= 0.3 is 13.6 Å². The van der Waals surface area contributed by atoms with E-state index >= 15 is 0 Å². The molecule has 0 heterocycles. The number of carboxylic acids is 1. The first-order valence-electron chi connectivity index (χ1n) is 5.26. The van der Waals surface area contributed by atoms with Crippen molar-refractivity contribution in [3.05, 3.63) is 11.9 Å². The van der Waals surface area contributed by atoms with Gasteiger partial charge in [-0.2, -0.15) is 0 Å². The van der Waals surface area contributed by atoms with E-state index in [-0.39, 0.29) is 6.54 Å². The van der Waals surface area contributed by atoms with Crippen LogP contribution in [0, 0.1) is 0 Å². The number of unbranched alkanes of at least 4 members (excludes halogenated alkanes) is 1. The van der Waals surface area contributed by atoms with Gasteiger partial charge in [-0.3, -0.25) is 9.36 Å². The van der Waals surface area contributed by atoms with Gasteiger partial charge < -0.3 is 25.9 Å². The third kappa shape index (κ3) is 10.2. The Morgan fingerprint density at radius 1 is 1.41 bits per heavy atom. The maximum Gasteiger partial charge on any atom is 0.348 e. The molecule has 0 amide bonds. The van der Waals surface area contributed by atoms with Crippen LogP contribution in [0.4, 0.5) is 0 Å². The van der Waals surface area contributed by atoms with E-state index in [4.69, 9.17) is 20.6 Å². The van der Waals surface area contributed by atoms with Crippen molar-refractivity contribution in [2.45, 2.75) is 25.3 Å². The maximum absolute atomic E-state index is 10.8. The average molecular weight is 266 g/mol. The number of carbonyl (C=O) groups is 1. The molecule has 0 rings (SSSR count). The van der Waals surface area contributed by atoms with E-state index in [1.807, 2.05) is 0 Å². The summed E-state index contributed by atoms with van der Waals surface area (Å²) >= 11 is 0. The molecule has 0 unspecified atom stereocenters. The van der Waals surface area contributed by atoms with Crippen molar-refractivity contribution < 1.29 is 24.3 Å². The van der Waals surface area contributed by atoms with Crippen molar-refractivity contribution in [3.63, 3.8) is 0 Å². The molecule has 0 radical (unpaired) electrons. The molecule has 7 nitrogen and oxygen atoms in total. The Morgan fingerprint density at radius 3 is 2.53 bits per heavy atom. The largest absolute Gasteiger partial charge is 0.480 e. The number of hydrogen-bond donors (Lipinski definition) is 5. The van der Waals surface area contributed by atoms with Gasteiger partial charge in [0.2, 0.25) is 0 Å². The van der Waals surface area contributed by atoms with Crippen LogP contribution in [0.1, 0.15) is 19.3 Å². The summed E-state index contributed by atoms with van der Waals surface area (Å²) < 4.78 is 10.5. The molecule has 6 N–H and O–H groups in total. The van der Waals surface area contributed by atoms with Gasteiger partial charge in [-0.1, -0.05) is 12.5 Å². The van der Waals surface area contributed by atoms with Gasteiger partial charge in [0.15, 0.2) is 0 Å². The second kappa shape index (κ2) is 8.38. The van der Waals surface area contributed by atoms with Gasteiger partial charge in [0, 0.05) is 12.4 Å². The molecule has 100 valence electrons. The molecular formula is C9H19N2O5P. The number of carboxylic acid groups (broad SMARTS) is 1. The van der Waals surface area contributed by atoms with Crippen LogP contribution in [0.25, 0.3) is 0 Å². The first kappa shape index (κ1) is 16.3. The highest BCUT2D eigenvalue weighted by atomic mass is 31.2. The Kier molecular flexibility index (Phi) is 8.03. The Morgan fingerprint density at radius 2 is 2.06 bits per heavy atom. The van der Waals surface area contributed by atoms with Crippen LogP contribution < -0.4 is 11.1 Å². The third-order valence-electron chi connectivity index (χ3n) is 2.03. The van der Waals surface area contributed by atoms with Crippen molar-refractivity contribution in [2.75, 3.05) is 13.1 Å². The van der Waals surface area contributed by atoms with E-state index in [0.29, 0.717) is 19.4 Å². The quantitative estimate of drug-likeness (QED) is 0.289. The number of aliphatic carboxylic acids is 1. The molecule has 0 aromatic carbocycles. The van der Waals surface area contributed by atoms with E-state index in [0.717, 1.165) is 12.2 Å². The summed E-state index contributed by atoms with van der Waals surface area (Å²) in [6.45, 7) is 0.620. The van der Waals surface area contributed by atoms with E-state index in [9.17, 15) is 9.36 Å². The van der Waals surface area contributed by atoms with Gasteiger partial charge in [0.25, 0.3) is 0 Å². The fourth-order valence-electron chi connectivity index (χ4n) is 1.21. The standard InChI is InChI=1S/C9H19N2O5P/c10-5-2-1-4-8(9(12)13)11-6-3-7-17(14,15)16/h3,7-8,11H,1-2,4-6,10H2,(H,12,13)(H2,14,15,16)/t8-/m0/s1. The zero-order valence-corrected chi connectivity index (χ0v) is 10.3. The van der Waals surface area contributed by atoms with Gasteiger partial charge in [0.05, 0.1) is 0 Å². The lowest BCUT2D eigenvalue weighted by molar-refractivity contribution is -0.139. The summed E-state index contributed by atoms with van der Waals surface area (Å²) in [5.41, 5.74) is 5.29. The van der Waals surface area contributed by atoms with E-state index < -0.39 is 19.6 Å². The lowest BCUT2D eigenvalue weighted by Crippen LogP contribution is -2.36. The van der Waals surface area contributed by atoms with Crippen LogP contribution >= 0.6 is 7.60 Å². The van der Waals surface area contributed by atoms with Crippen LogP contribution in [0.2, 0.25) is 0 Å². The topological polar surface area (TPSA) is 133 Å².